The van der Waals surface area contributed by atoms with E-state index in [0.717, 1.165) is 28.2 Å². The Hall–Kier alpha value is -0.450. The molecule has 0 atom stereocenters. The van der Waals surface area contributed by atoms with Crippen molar-refractivity contribution in [1.82, 2.24) is 0 Å². The minimum absolute atomic E-state index is 0. The van der Waals surface area contributed by atoms with Gasteiger partial charge in [0.15, 0.2) is 0 Å². The lowest BCUT2D eigenvalue weighted by Crippen LogP contribution is -1.96. The number of methoxy groups -OCH3 is 2. The van der Waals surface area contributed by atoms with Gasteiger partial charge in [-0.05, 0) is 43.5 Å². The van der Waals surface area contributed by atoms with Crippen molar-refractivity contribution in [2.24, 2.45) is 0 Å². The van der Waals surface area contributed by atoms with Gasteiger partial charge >= 0.3 is 0 Å². The standard InChI is InChI=1S/C11H16O2.HI/c1-7-6-10(12-4)8(2)9(3)11(7)13-5;/h6H,1-5H3;1H. The molecule has 0 aromatic heterocycles. The van der Waals surface area contributed by atoms with Gasteiger partial charge in [0.25, 0.3) is 0 Å². The molecule has 0 fully saturated rings. The summed E-state index contributed by atoms with van der Waals surface area (Å²) in [6.45, 7) is 6.10. The van der Waals surface area contributed by atoms with E-state index in [0.29, 0.717) is 0 Å². The van der Waals surface area contributed by atoms with Crippen molar-refractivity contribution in [2.45, 2.75) is 20.8 Å². The average molecular weight is 308 g/mol. The molecule has 0 heterocycles. The van der Waals surface area contributed by atoms with Gasteiger partial charge in [0, 0.05) is 0 Å². The molecule has 0 aliphatic heterocycles. The summed E-state index contributed by atoms with van der Waals surface area (Å²) in [5.74, 6) is 1.88. The van der Waals surface area contributed by atoms with Crippen LogP contribution in [0.2, 0.25) is 0 Å². The van der Waals surface area contributed by atoms with Crippen LogP contribution in [-0.4, -0.2) is 14.2 Å². The molecule has 0 amide bonds. The lowest BCUT2D eigenvalue weighted by atomic mass is 10.0. The van der Waals surface area contributed by atoms with Crippen LogP contribution >= 0.6 is 24.0 Å². The highest BCUT2D eigenvalue weighted by Crippen LogP contribution is 2.32. The maximum atomic E-state index is 5.30. The third-order valence-corrected chi connectivity index (χ3v) is 2.40. The molecular formula is C11H17IO2. The molecule has 0 bridgehead atoms. The maximum absolute atomic E-state index is 5.30. The van der Waals surface area contributed by atoms with Crippen molar-refractivity contribution in [3.05, 3.63) is 22.8 Å². The van der Waals surface area contributed by atoms with Crippen molar-refractivity contribution in [3.8, 4) is 11.5 Å². The van der Waals surface area contributed by atoms with E-state index in [9.17, 15) is 0 Å². The van der Waals surface area contributed by atoms with Crippen LogP contribution in [0, 0.1) is 20.8 Å². The first-order valence-corrected chi connectivity index (χ1v) is 4.30. The van der Waals surface area contributed by atoms with Gasteiger partial charge in [-0.15, -0.1) is 24.0 Å². The molecule has 2 nitrogen and oxygen atoms in total. The molecule has 0 aliphatic carbocycles. The molecule has 3 heteroatoms. The van der Waals surface area contributed by atoms with Gasteiger partial charge in [-0.1, -0.05) is 0 Å². The van der Waals surface area contributed by atoms with Gasteiger partial charge in [-0.3, -0.25) is 0 Å². The average Bonchev–Trinajstić information content (AvgIpc) is 2.12. The third kappa shape index (κ3) is 2.32. The van der Waals surface area contributed by atoms with Gasteiger partial charge in [0.2, 0.25) is 0 Å². The monoisotopic (exact) mass is 308 g/mol. The van der Waals surface area contributed by atoms with Crippen LogP contribution in [-0.2, 0) is 0 Å². The highest BCUT2D eigenvalue weighted by molar-refractivity contribution is 14.0. The molecule has 1 aromatic carbocycles. The van der Waals surface area contributed by atoms with E-state index in [2.05, 4.69) is 0 Å². The van der Waals surface area contributed by atoms with Crippen LogP contribution in [0.3, 0.4) is 0 Å². The van der Waals surface area contributed by atoms with E-state index in [1.165, 1.54) is 0 Å². The summed E-state index contributed by atoms with van der Waals surface area (Å²) in [6, 6.07) is 2.00. The Kier molecular flexibility index (Phi) is 5.26. The SMILES string of the molecule is COc1cc(C)c(OC)c(C)c1C.I. The Morgan fingerprint density at radius 3 is 1.93 bits per heavy atom. The van der Waals surface area contributed by atoms with Crippen molar-refractivity contribution >= 4 is 24.0 Å². The van der Waals surface area contributed by atoms with E-state index >= 15 is 0 Å². The molecule has 1 aromatic rings. The Morgan fingerprint density at radius 2 is 1.50 bits per heavy atom. The smallest absolute Gasteiger partial charge is 0.125 e. The van der Waals surface area contributed by atoms with E-state index < -0.39 is 0 Å². The lowest BCUT2D eigenvalue weighted by Gasteiger charge is -2.14. The number of hydrogen-bond acceptors (Lipinski definition) is 2. The van der Waals surface area contributed by atoms with E-state index in [1.54, 1.807) is 14.2 Å². The molecule has 1 rings (SSSR count). The van der Waals surface area contributed by atoms with Gasteiger partial charge < -0.3 is 9.47 Å². The summed E-state index contributed by atoms with van der Waals surface area (Å²) in [5, 5.41) is 0. The van der Waals surface area contributed by atoms with Crippen LogP contribution in [0.15, 0.2) is 6.07 Å². The summed E-state index contributed by atoms with van der Waals surface area (Å²) >= 11 is 0. The van der Waals surface area contributed by atoms with Crippen molar-refractivity contribution in [3.63, 3.8) is 0 Å². The summed E-state index contributed by atoms with van der Waals surface area (Å²) < 4.78 is 10.6. The number of benzene rings is 1. The number of ether oxygens (including phenoxy) is 2. The van der Waals surface area contributed by atoms with Crippen molar-refractivity contribution in [1.29, 1.82) is 0 Å². The van der Waals surface area contributed by atoms with Crippen molar-refractivity contribution < 1.29 is 9.47 Å². The molecule has 0 saturated carbocycles. The second kappa shape index (κ2) is 5.44. The van der Waals surface area contributed by atoms with Crippen LogP contribution < -0.4 is 9.47 Å². The van der Waals surface area contributed by atoms with Gasteiger partial charge in [0.1, 0.15) is 11.5 Å². The molecule has 0 aliphatic rings. The van der Waals surface area contributed by atoms with Gasteiger partial charge in [0.05, 0.1) is 14.2 Å². The Morgan fingerprint density at radius 1 is 0.929 bits per heavy atom. The summed E-state index contributed by atoms with van der Waals surface area (Å²) in [7, 11) is 3.38. The first-order chi connectivity index (χ1) is 6.11. The first kappa shape index (κ1) is 13.5. The van der Waals surface area contributed by atoms with Crippen LogP contribution in [0.4, 0.5) is 0 Å². The molecular weight excluding hydrogens is 291 g/mol. The number of hydrogen-bond donors (Lipinski definition) is 0. The quantitative estimate of drug-likeness (QED) is 0.781. The number of aryl methyl sites for hydroxylation is 1. The van der Waals surface area contributed by atoms with E-state index in [4.69, 9.17) is 9.47 Å². The van der Waals surface area contributed by atoms with Gasteiger partial charge in [-0.25, -0.2) is 0 Å². The third-order valence-electron chi connectivity index (χ3n) is 2.40. The molecule has 0 N–H and O–H groups in total. The topological polar surface area (TPSA) is 18.5 Å². The molecule has 0 radical (unpaired) electrons. The number of halogens is 1. The summed E-state index contributed by atoms with van der Waals surface area (Å²) in [6.07, 6.45) is 0. The predicted octanol–water partition coefficient (Wildman–Crippen LogP) is 3.25. The Labute approximate surface area is 103 Å². The van der Waals surface area contributed by atoms with E-state index in [1.807, 2.05) is 26.8 Å². The molecule has 14 heavy (non-hydrogen) atoms. The maximum Gasteiger partial charge on any atom is 0.125 e. The van der Waals surface area contributed by atoms with Crippen LogP contribution in [0.1, 0.15) is 16.7 Å². The predicted molar refractivity (Wildman–Crippen MR) is 69.2 cm³/mol. The fourth-order valence-electron chi connectivity index (χ4n) is 1.55. The zero-order chi connectivity index (χ0) is 10.0. The minimum Gasteiger partial charge on any atom is -0.496 e. The summed E-state index contributed by atoms with van der Waals surface area (Å²) in [4.78, 5) is 0. The van der Waals surface area contributed by atoms with Crippen molar-refractivity contribution in [2.75, 3.05) is 14.2 Å². The normalized spacial score (nSPS) is 9.21. The zero-order valence-corrected chi connectivity index (χ0v) is 11.6. The zero-order valence-electron chi connectivity index (χ0n) is 9.30. The fraction of sp³-hybridized carbons (Fsp3) is 0.455. The first-order valence-electron chi connectivity index (χ1n) is 4.30. The van der Waals surface area contributed by atoms with Crippen LogP contribution in [0.5, 0.6) is 11.5 Å². The highest BCUT2D eigenvalue weighted by atomic mass is 127. The molecule has 80 valence electrons. The van der Waals surface area contributed by atoms with E-state index in [-0.39, 0.29) is 24.0 Å². The van der Waals surface area contributed by atoms with Gasteiger partial charge in [-0.2, -0.15) is 0 Å². The molecule has 0 unspecified atom stereocenters. The summed E-state index contributed by atoms with van der Waals surface area (Å²) in [5.41, 5.74) is 3.41. The molecule has 0 spiro atoms. The molecule has 0 saturated heterocycles. The second-order valence-corrected chi connectivity index (χ2v) is 3.18. The Balaban J connectivity index is 0.00000169. The Bertz CT molecular complexity index is 322. The second-order valence-electron chi connectivity index (χ2n) is 3.18. The van der Waals surface area contributed by atoms with Crippen LogP contribution in [0.25, 0.3) is 0 Å². The minimum atomic E-state index is 0. The largest absolute Gasteiger partial charge is 0.496 e. The highest BCUT2D eigenvalue weighted by Gasteiger charge is 2.10. The lowest BCUT2D eigenvalue weighted by molar-refractivity contribution is 0.395. The number of rotatable bonds is 2. The fourth-order valence-corrected chi connectivity index (χ4v) is 1.55.